The van der Waals surface area contributed by atoms with Crippen LogP contribution in [0.25, 0.3) is 11.1 Å². The second kappa shape index (κ2) is 4.38. The van der Waals surface area contributed by atoms with Gasteiger partial charge in [0.05, 0.1) is 6.42 Å². The van der Waals surface area contributed by atoms with Gasteiger partial charge in [0.1, 0.15) is 5.52 Å². The Morgan fingerprint density at radius 1 is 1.53 bits per heavy atom. The lowest BCUT2D eigenvalue weighted by Crippen LogP contribution is -2.24. The van der Waals surface area contributed by atoms with Crippen LogP contribution in [0.15, 0.2) is 29.0 Å². The zero-order chi connectivity index (χ0) is 13.4. The molecule has 0 saturated carbocycles. The summed E-state index contributed by atoms with van der Waals surface area (Å²) in [6, 6.07) is 5.32. The fourth-order valence-corrected chi connectivity index (χ4v) is 2.43. The van der Waals surface area contributed by atoms with E-state index in [4.69, 9.17) is 9.52 Å². The van der Waals surface area contributed by atoms with Gasteiger partial charge in [0, 0.05) is 18.7 Å². The molecule has 98 valence electrons. The Morgan fingerprint density at radius 3 is 3.16 bits per heavy atom. The summed E-state index contributed by atoms with van der Waals surface area (Å²) in [5, 5.41) is 8.78. The summed E-state index contributed by atoms with van der Waals surface area (Å²) in [5.74, 6) is -1.04. The lowest BCUT2D eigenvalue weighted by Gasteiger charge is -2.16. The number of nitrogens with zero attached hydrogens (tertiary/aromatic N) is 2. The van der Waals surface area contributed by atoms with Gasteiger partial charge in [-0.1, -0.05) is 0 Å². The van der Waals surface area contributed by atoms with Crippen LogP contribution >= 0.6 is 0 Å². The number of carbonyl (C=O) groups is 2. The second-order valence-electron chi connectivity index (χ2n) is 4.68. The number of carboxylic acids is 1. The third-order valence-corrected chi connectivity index (χ3v) is 3.29. The monoisotopic (exact) mass is 260 g/mol. The van der Waals surface area contributed by atoms with E-state index in [-0.39, 0.29) is 24.7 Å². The first-order valence-electron chi connectivity index (χ1n) is 5.99. The highest BCUT2D eigenvalue weighted by molar-refractivity contribution is 5.97. The van der Waals surface area contributed by atoms with Crippen molar-refractivity contribution in [1.82, 2.24) is 4.98 Å². The quantitative estimate of drug-likeness (QED) is 0.907. The van der Waals surface area contributed by atoms with Crippen molar-refractivity contribution >= 4 is 28.7 Å². The van der Waals surface area contributed by atoms with Gasteiger partial charge >= 0.3 is 5.97 Å². The molecule has 1 aromatic carbocycles. The molecule has 1 atom stereocenters. The Bertz CT molecular complexity index is 649. The first kappa shape index (κ1) is 11.7. The Balaban J connectivity index is 1.85. The molecule has 2 aromatic rings. The summed E-state index contributed by atoms with van der Waals surface area (Å²) in [6.07, 6.45) is 1.66. The number of oxazole rings is 1. The van der Waals surface area contributed by atoms with Gasteiger partial charge in [0.15, 0.2) is 12.0 Å². The number of hydrogen-bond acceptors (Lipinski definition) is 4. The highest BCUT2D eigenvalue weighted by Gasteiger charge is 2.32. The van der Waals surface area contributed by atoms with E-state index in [0.29, 0.717) is 17.6 Å². The van der Waals surface area contributed by atoms with Crippen molar-refractivity contribution in [2.45, 2.75) is 12.8 Å². The van der Waals surface area contributed by atoms with E-state index in [0.717, 1.165) is 5.69 Å². The molecule has 1 unspecified atom stereocenters. The van der Waals surface area contributed by atoms with Crippen molar-refractivity contribution in [3.8, 4) is 0 Å². The van der Waals surface area contributed by atoms with E-state index >= 15 is 0 Å². The molecule has 19 heavy (non-hydrogen) atoms. The van der Waals surface area contributed by atoms with Gasteiger partial charge in [-0.3, -0.25) is 9.59 Å². The number of amides is 1. The van der Waals surface area contributed by atoms with Crippen molar-refractivity contribution in [3.05, 3.63) is 24.6 Å². The number of hydrogen-bond donors (Lipinski definition) is 1. The number of benzene rings is 1. The summed E-state index contributed by atoms with van der Waals surface area (Å²) in [7, 11) is 0. The van der Waals surface area contributed by atoms with Gasteiger partial charge in [-0.25, -0.2) is 4.98 Å². The van der Waals surface area contributed by atoms with Crippen LogP contribution in [-0.4, -0.2) is 28.5 Å². The average Bonchev–Trinajstić information content (AvgIpc) is 2.93. The third-order valence-electron chi connectivity index (χ3n) is 3.29. The maximum Gasteiger partial charge on any atom is 0.303 e. The number of aliphatic carboxylic acids is 1. The Morgan fingerprint density at radius 2 is 2.37 bits per heavy atom. The van der Waals surface area contributed by atoms with Crippen molar-refractivity contribution < 1.29 is 19.1 Å². The van der Waals surface area contributed by atoms with Gasteiger partial charge < -0.3 is 14.4 Å². The van der Waals surface area contributed by atoms with Crippen LogP contribution in [0.5, 0.6) is 0 Å². The number of aromatic nitrogens is 1. The molecule has 1 N–H and O–H groups in total. The standard InChI is InChI=1S/C13H12N2O4/c16-12-3-8(4-13(17)18)6-15(12)9-1-2-11-10(5-9)14-7-19-11/h1-2,5,7-8H,3-4,6H2,(H,17,18). The fraction of sp³-hybridized carbons (Fsp3) is 0.308. The molecule has 1 aliphatic rings. The molecule has 0 radical (unpaired) electrons. The van der Waals surface area contributed by atoms with Crippen LogP contribution in [-0.2, 0) is 9.59 Å². The topological polar surface area (TPSA) is 83.6 Å². The highest BCUT2D eigenvalue weighted by Crippen LogP contribution is 2.28. The summed E-state index contributed by atoms with van der Waals surface area (Å²) >= 11 is 0. The first-order chi connectivity index (χ1) is 9.13. The molecule has 0 aliphatic carbocycles. The zero-order valence-electron chi connectivity index (χ0n) is 10.1. The summed E-state index contributed by atoms with van der Waals surface area (Å²) < 4.78 is 5.14. The third kappa shape index (κ3) is 2.16. The summed E-state index contributed by atoms with van der Waals surface area (Å²) in [5.41, 5.74) is 2.09. The second-order valence-corrected chi connectivity index (χ2v) is 4.68. The lowest BCUT2D eigenvalue weighted by molar-refractivity contribution is -0.137. The SMILES string of the molecule is O=C(O)CC1CC(=O)N(c2ccc3ocnc3c2)C1. The predicted octanol–water partition coefficient (Wildman–Crippen LogP) is 1.66. The van der Waals surface area contributed by atoms with Gasteiger partial charge in [-0.05, 0) is 24.1 Å². The van der Waals surface area contributed by atoms with Crippen LogP contribution in [0.3, 0.4) is 0 Å². The minimum Gasteiger partial charge on any atom is -0.481 e. The van der Waals surface area contributed by atoms with Crippen LogP contribution in [0, 0.1) is 5.92 Å². The summed E-state index contributed by atoms with van der Waals surface area (Å²) in [4.78, 5) is 28.3. The predicted molar refractivity (Wildman–Crippen MR) is 66.7 cm³/mol. The number of rotatable bonds is 3. The van der Waals surface area contributed by atoms with E-state index in [1.807, 2.05) is 0 Å². The van der Waals surface area contributed by atoms with Gasteiger partial charge in [-0.2, -0.15) is 0 Å². The lowest BCUT2D eigenvalue weighted by atomic mass is 10.1. The van der Waals surface area contributed by atoms with E-state index in [2.05, 4.69) is 4.98 Å². The molecular weight excluding hydrogens is 248 g/mol. The normalized spacial score (nSPS) is 19.3. The van der Waals surface area contributed by atoms with Gasteiger partial charge in [0.2, 0.25) is 5.91 Å². The maximum absolute atomic E-state index is 11.9. The Kier molecular flexibility index (Phi) is 2.70. The fourth-order valence-electron chi connectivity index (χ4n) is 2.43. The molecule has 1 aromatic heterocycles. The van der Waals surface area contributed by atoms with Crippen molar-refractivity contribution in [3.63, 3.8) is 0 Å². The largest absolute Gasteiger partial charge is 0.481 e. The number of carboxylic acid groups (broad SMARTS) is 1. The molecule has 1 saturated heterocycles. The van der Waals surface area contributed by atoms with Gasteiger partial charge in [0.25, 0.3) is 0 Å². The number of carbonyl (C=O) groups excluding carboxylic acids is 1. The smallest absolute Gasteiger partial charge is 0.303 e. The number of anilines is 1. The van der Waals surface area contributed by atoms with E-state index in [1.165, 1.54) is 6.39 Å². The van der Waals surface area contributed by atoms with Crippen LogP contribution in [0.2, 0.25) is 0 Å². The minimum atomic E-state index is -0.869. The Hall–Kier alpha value is -2.37. The first-order valence-corrected chi connectivity index (χ1v) is 5.99. The minimum absolute atomic E-state index is 0.0223. The van der Waals surface area contributed by atoms with Crippen molar-refractivity contribution in [2.75, 3.05) is 11.4 Å². The Labute approximate surface area is 108 Å². The molecule has 6 nitrogen and oxygen atoms in total. The highest BCUT2D eigenvalue weighted by atomic mass is 16.4. The molecule has 1 amide bonds. The van der Waals surface area contributed by atoms with E-state index in [1.54, 1.807) is 23.1 Å². The van der Waals surface area contributed by atoms with E-state index < -0.39 is 5.97 Å². The molecular formula is C13H12N2O4. The summed E-state index contributed by atoms with van der Waals surface area (Å²) in [6.45, 7) is 0.439. The molecule has 1 aliphatic heterocycles. The number of fused-ring (bicyclic) bond motifs is 1. The molecule has 0 bridgehead atoms. The van der Waals surface area contributed by atoms with Gasteiger partial charge in [-0.15, -0.1) is 0 Å². The molecule has 2 heterocycles. The zero-order valence-corrected chi connectivity index (χ0v) is 10.1. The molecule has 6 heteroatoms. The molecule has 1 fully saturated rings. The maximum atomic E-state index is 11.9. The van der Waals surface area contributed by atoms with Crippen LogP contribution < -0.4 is 4.90 Å². The average molecular weight is 260 g/mol. The van der Waals surface area contributed by atoms with E-state index in [9.17, 15) is 9.59 Å². The molecule has 3 rings (SSSR count). The van der Waals surface area contributed by atoms with Crippen molar-refractivity contribution in [2.24, 2.45) is 5.92 Å². The van der Waals surface area contributed by atoms with Crippen LogP contribution in [0.1, 0.15) is 12.8 Å². The van der Waals surface area contributed by atoms with Crippen molar-refractivity contribution in [1.29, 1.82) is 0 Å². The molecule has 0 spiro atoms. The van der Waals surface area contributed by atoms with Crippen LogP contribution in [0.4, 0.5) is 5.69 Å².